The van der Waals surface area contributed by atoms with Crippen LogP contribution in [0.15, 0.2) is 36.6 Å². The van der Waals surface area contributed by atoms with Crippen LogP contribution in [0.1, 0.15) is 76.3 Å². The molecule has 132 valence electrons. The first-order valence-corrected chi connectivity index (χ1v) is 9.94. The topological polar surface area (TPSA) is 12.0 Å². The molecule has 1 unspecified atom stereocenters. The first-order valence-electron chi connectivity index (χ1n) is 9.49. The molecule has 0 amide bonds. The molecule has 2 heteroatoms. The molecule has 0 fully saturated rings. The quantitative estimate of drug-likeness (QED) is 0.344. The summed E-state index contributed by atoms with van der Waals surface area (Å²) >= 11 is 4.90. The third-order valence-electron chi connectivity index (χ3n) is 4.88. The van der Waals surface area contributed by atoms with E-state index in [1.165, 1.54) is 68.2 Å². The van der Waals surface area contributed by atoms with E-state index in [1.54, 1.807) is 0 Å². The number of hydrogen-bond donors (Lipinski definition) is 2. The number of benzene rings is 1. The maximum absolute atomic E-state index is 4.90. The number of hydrogen-bond acceptors (Lipinski definition) is 2. The van der Waals surface area contributed by atoms with Gasteiger partial charge in [-0.05, 0) is 49.0 Å². The van der Waals surface area contributed by atoms with E-state index in [4.69, 9.17) is 12.6 Å². The molecular weight excluding hydrogens is 310 g/mol. The minimum absolute atomic E-state index is 0.202. The van der Waals surface area contributed by atoms with Gasteiger partial charge in [0.05, 0.1) is 0 Å². The Morgan fingerprint density at radius 1 is 1.04 bits per heavy atom. The molecule has 1 aliphatic rings. The molecule has 0 radical (unpaired) electrons. The van der Waals surface area contributed by atoms with Crippen LogP contribution in [0.25, 0.3) is 6.08 Å². The molecule has 24 heavy (non-hydrogen) atoms. The van der Waals surface area contributed by atoms with E-state index in [1.807, 2.05) is 6.08 Å². The molecule has 1 aromatic rings. The highest BCUT2D eigenvalue weighted by atomic mass is 32.1. The van der Waals surface area contributed by atoms with Crippen molar-refractivity contribution in [3.63, 3.8) is 0 Å². The van der Waals surface area contributed by atoms with Gasteiger partial charge in [-0.15, -0.1) is 0 Å². The Labute approximate surface area is 154 Å². The van der Waals surface area contributed by atoms with Gasteiger partial charge in [0.1, 0.15) is 0 Å². The second kappa shape index (κ2) is 9.36. The van der Waals surface area contributed by atoms with Gasteiger partial charge < -0.3 is 5.32 Å². The van der Waals surface area contributed by atoms with Crippen molar-refractivity contribution in [3.8, 4) is 0 Å². The smallest absolute Gasteiger partial charge is 0.0460 e. The van der Waals surface area contributed by atoms with Crippen molar-refractivity contribution in [2.24, 2.45) is 0 Å². The SMILES string of the molecule is C=C1C=Cc2ccc(CCCCC(C)(S)CCCCCC)cc2N1. The van der Waals surface area contributed by atoms with Crippen LogP contribution < -0.4 is 5.32 Å². The fourth-order valence-corrected chi connectivity index (χ4v) is 3.63. The number of allylic oxidation sites excluding steroid dienone is 1. The number of aryl methyl sites for hydroxylation is 1. The number of nitrogens with one attached hydrogen (secondary N) is 1. The summed E-state index contributed by atoms with van der Waals surface area (Å²) in [7, 11) is 0. The Hall–Kier alpha value is -1.15. The fraction of sp³-hybridized carbons (Fsp3) is 0.545. The first-order chi connectivity index (χ1) is 11.5. The molecule has 0 aliphatic carbocycles. The van der Waals surface area contributed by atoms with E-state index in [0.717, 1.165) is 12.1 Å². The summed E-state index contributed by atoms with van der Waals surface area (Å²) in [5.74, 6) is 0. The zero-order valence-electron chi connectivity index (χ0n) is 15.4. The standard InChI is InChI=1S/C22H33NS/c1-4-5-6-8-15-22(3,24)16-9-7-10-19-12-14-20-13-11-18(2)23-21(20)17-19/h11-14,17,23-24H,2,4-10,15-16H2,1,3H3. The highest BCUT2D eigenvalue weighted by Crippen LogP contribution is 2.29. The molecule has 0 aromatic heterocycles. The van der Waals surface area contributed by atoms with E-state index in [2.05, 4.69) is 50.0 Å². The Morgan fingerprint density at radius 2 is 1.79 bits per heavy atom. The van der Waals surface area contributed by atoms with Gasteiger partial charge in [0.25, 0.3) is 0 Å². The molecule has 0 saturated carbocycles. The lowest BCUT2D eigenvalue weighted by atomic mass is 9.94. The largest absolute Gasteiger partial charge is 0.356 e. The maximum atomic E-state index is 4.90. The molecule has 1 N–H and O–H groups in total. The van der Waals surface area contributed by atoms with Crippen LogP contribution in [-0.2, 0) is 6.42 Å². The van der Waals surface area contributed by atoms with E-state index >= 15 is 0 Å². The lowest BCUT2D eigenvalue weighted by molar-refractivity contribution is 0.482. The van der Waals surface area contributed by atoms with Crippen molar-refractivity contribution in [2.75, 3.05) is 5.32 Å². The van der Waals surface area contributed by atoms with Crippen molar-refractivity contribution < 1.29 is 0 Å². The second-order valence-corrected chi connectivity index (χ2v) is 8.50. The van der Waals surface area contributed by atoms with Crippen LogP contribution in [0.5, 0.6) is 0 Å². The number of anilines is 1. The summed E-state index contributed by atoms with van der Waals surface area (Å²) in [5, 5.41) is 3.35. The molecule has 0 saturated heterocycles. The monoisotopic (exact) mass is 343 g/mol. The zero-order chi connectivity index (χ0) is 17.4. The summed E-state index contributed by atoms with van der Waals surface area (Å²) in [6.45, 7) is 8.55. The third-order valence-corrected chi connectivity index (χ3v) is 5.32. The van der Waals surface area contributed by atoms with Gasteiger partial charge in [-0.3, -0.25) is 0 Å². The van der Waals surface area contributed by atoms with Gasteiger partial charge >= 0.3 is 0 Å². The van der Waals surface area contributed by atoms with E-state index in [0.29, 0.717) is 0 Å². The zero-order valence-corrected chi connectivity index (χ0v) is 16.3. The van der Waals surface area contributed by atoms with Crippen molar-refractivity contribution >= 4 is 24.4 Å². The number of unbranched alkanes of at least 4 members (excludes halogenated alkanes) is 4. The van der Waals surface area contributed by atoms with Gasteiger partial charge in [-0.25, -0.2) is 0 Å². The molecule has 0 bridgehead atoms. The number of fused-ring (bicyclic) bond motifs is 1. The Bertz CT molecular complexity index is 571. The Kier molecular flexibility index (Phi) is 7.48. The molecule has 1 atom stereocenters. The van der Waals surface area contributed by atoms with Crippen molar-refractivity contribution in [1.82, 2.24) is 0 Å². The predicted octanol–water partition coefficient (Wildman–Crippen LogP) is 7.01. The Balaban J connectivity index is 1.71. The molecule has 1 aromatic carbocycles. The van der Waals surface area contributed by atoms with E-state index < -0.39 is 0 Å². The minimum atomic E-state index is 0.202. The molecule has 1 aliphatic heterocycles. The summed E-state index contributed by atoms with van der Waals surface area (Å²) < 4.78 is 0.202. The van der Waals surface area contributed by atoms with Gasteiger partial charge in [0.15, 0.2) is 0 Å². The van der Waals surface area contributed by atoms with Crippen LogP contribution >= 0.6 is 12.6 Å². The van der Waals surface area contributed by atoms with Gasteiger partial charge in [-0.1, -0.05) is 70.7 Å². The predicted molar refractivity (Wildman–Crippen MR) is 112 cm³/mol. The van der Waals surface area contributed by atoms with E-state index in [9.17, 15) is 0 Å². The molecule has 1 heterocycles. The molecule has 0 spiro atoms. The first kappa shape index (κ1) is 19.2. The average Bonchev–Trinajstić information content (AvgIpc) is 2.55. The summed E-state index contributed by atoms with van der Waals surface area (Å²) in [6.07, 6.45) is 15.6. The van der Waals surface area contributed by atoms with Crippen molar-refractivity contribution in [2.45, 2.75) is 76.4 Å². The van der Waals surface area contributed by atoms with Crippen LogP contribution in [-0.4, -0.2) is 4.75 Å². The van der Waals surface area contributed by atoms with Crippen LogP contribution in [0, 0.1) is 0 Å². The summed E-state index contributed by atoms with van der Waals surface area (Å²) in [4.78, 5) is 0. The molecular formula is C22H33NS. The summed E-state index contributed by atoms with van der Waals surface area (Å²) in [5.41, 5.74) is 4.82. The minimum Gasteiger partial charge on any atom is -0.356 e. The second-order valence-electron chi connectivity index (χ2n) is 7.42. The van der Waals surface area contributed by atoms with E-state index in [-0.39, 0.29) is 4.75 Å². The number of thiol groups is 1. The highest BCUT2D eigenvalue weighted by Gasteiger charge is 2.17. The van der Waals surface area contributed by atoms with Crippen molar-refractivity contribution in [1.29, 1.82) is 0 Å². The van der Waals surface area contributed by atoms with Crippen LogP contribution in [0.4, 0.5) is 5.69 Å². The van der Waals surface area contributed by atoms with Gasteiger partial charge in [0, 0.05) is 16.1 Å². The van der Waals surface area contributed by atoms with Crippen molar-refractivity contribution in [3.05, 3.63) is 47.7 Å². The van der Waals surface area contributed by atoms with Gasteiger partial charge in [0.2, 0.25) is 0 Å². The highest BCUT2D eigenvalue weighted by molar-refractivity contribution is 7.81. The normalized spacial score (nSPS) is 15.7. The molecule has 2 rings (SSSR count). The Morgan fingerprint density at radius 3 is 2.54 bits per heavy atom. The lowest BCUT2D eigenvalue weighted by Crippen LogP contribution is -2.16. The summed E-state index contributed by atoms with van der Waals surface area (Å²) in [6, 6.07) is 6.73. The average molecular weight is 344 g/mol. The van der Waals surface area contributed by atoms with Crippen LogP contribution in [0.3, 0.4) is 0 Å². The maximum Gasteiger partial charge on any atom is 0.0460 e. The lowest BCUT2D eigenvalue weighted by Gasteiger charge is -2.23. The van der Waals surface area contributed by atoms with Gasteiger partial charge in [-0.2, -0.15) is 12.6 Å². The third kappa shape index (κ3) is 6.39. The number of rotatable bonds is 10. The van der Waals surface area contributed by atoms with Crippen LogP contribution in [0.2, 0.25) is 0 Å². The fourth-order valence-electron chi connectivity index (χ4n) is 3.31. The molecule has 1 nitrogen and oxygen atoms in total.